The van der Waals surface area contributed by atoms with E-state index in [1.807, 2.05) is 16.7 Å². The number of fused-ring (bicyclic) bond motifs is 1. The minimum Gasteiger partial charge on any atom is -0.379 e. The summed E-state index contributed by atoms with van der Waals surface area (Å²) in [6, 6.07) is 0.522. The number of aryl methyl sites for hydroxylation is 1. The van der Waals surface area contributed by atoms with Crippen LogP contribution in [0, 0.1) is 0 Å². The fraction of sp³-hybridized carbons (Fsp3) is 0.789. The first kappa shape index (κ1) is 18.3. The summed E-state index contributed by atoms with van der Waals surface area (Å²) in [4.78, 5) is 17.7. The third-order valence-electron chi connectivity index (χ3n) is 5.82. The van der Waals surface area contributed by atoms with Gasteiger partial charge in [0.05, 0.1) is 13.2 Å². The van der Waals surface area contributed by atoms with Gasteiger partial charge in [-0.2, -0.15) is 16.9 Å². The highest BCUT2D eigenvalue weighted by molar-refractivity contribution is 7.99. The maximum Gasteiger partial charge on any atom is 0.274 e. The molecule has 6 nitrogen and oxygen atoms in total. The Morgan fingerprint density at radius 1 is 1.23 bits per heavy atom. The van der Waals surface area contributed by atoms with Gasteiger partial charge in [-0.25, -0.2) is 0 Å². The highest BCUT2D eigenvalue weighted by Gasteiger charge is 2.33. The standard InChI is InChI=1S/C19H30N4O2S/c1-2-5-23-17-4-3-15(21-6-10-25-11-7-21)14-16(17)18(20-23)19(24)22-8-12-26-13-9-22/h15H,2-14H2,1H3/t15-/m0/s1. The Hall–Kier alpha value is -1.05. The third-order valence-corrected chi connectivity index (χ3v) is 6.76. The Balaban J connectivity index is 1.59. The molecule has 0 spiro atoms. The molecule has 4 rings (SSSR count). The maximum atomic E-state index is 13.2. The maximum absolute atomic E-state index is 13.2. The van der Waals surface area contributed by atoms with E-state index in [0.29, 0.717) is 6.04 Å². The van der Waals surface area contributed by atoms with E-state index >= 15 is 0 Å². The van der Waals surface area contributed by atoms with Gasteiger partial charge in [-0.3, -0.25) is 14.4 Å². The van der Waals surface area contributed by atoms with E-state index in [-0.39, 0.29) is 5.91 Å². The number of hydrogen-bond donors (Lipinski definition) is 0. The van der Waals surface area contributed by atoms with Gasteiger partial charge in [0.1, 0.15) is 0 Å². The van der Waals surface area contributed by atoms with Crippen LogP contribution in [-0.2, 0) is 24.1 Å². The molecular weight excluding hydrogens is 348 g/mol. The van der Waals surface area contributed by atoms with Crippen molar-refractivity contribution in [3.8, 4) is 0 Å². The summed E-state index contributed by atoms with van der Waals surface area (Å²) in [5.74, 6) is 2.24. The SMILES string of the molecule is CCCn1nc(C(=O)N2CCSCC2)c2c1CC[C@H](N1CCOCC1)C2. The lowest BCUT2D eigenvalue weighted by molar-refractivity contribution is 0.0135. The fourth-order valence-electron chi connectivity index (χ4n) is 4.41. The lowest BCUT2D eigenvalue weighted by atomic mass is 9.89. The number of ether oxygens (including phenoxy) is 1. The summed E-state index contributed by atoms with van der Waals surface area (Å²) in [5.41, 5.74) is 3.27. The number of morpholine rings is 1. The molecule has 1 aromatic rings. The molecule has 0 unspecified atom stereocenters. The molecule has 2 aliphatic heterocycles. The van der Waals surface area contributed by atoms with Crippen LogP contribution in [0.5, 0.6) is 0 Å². The van der Waals surface area contributed by atoms with E-state index in [2.05, 4.69) is 16.5 Å². The van der Waals surface area contributed by atoms with E-state index in [1.165, 1.54) is 11.3 Å². The van der Waals surface area contributed by atoms with Gasteiger partial charge in [0.2, 0.25) is 0 Å². The average Bonchev–Trinajstić information content (AvgIpc) is 3.07. The van der Waals surface area contributed by atoms with Crippen LogP contribution in [0.4, 0.5) is 0 Å². The zero-order chi connectivity index (χ0) is 17.9. The Morgan fingerprint density at radius 2 is 2.00 bits per heavy atom. The predicted molar refractivity (Wildman–Crippen MR) is 104 cm³/mol. The second-order valence-electron chi connectivity index (χ2n) is 7.45. The van der Waals surface area contributed by atoms with Crippen LogP contribution in [-0.4, -0.2) is 82.4 Å². The summed E-state index contributed by atoms with van der Waals surface area (Å²) in [6.45, 7) is 8.47. The number of amides is 1. The normalized spacial score (nSPS) is 24.5. The first-order valence-corrected chi connectivity index (χ1v) is 11.2. The molecule has 0 saturated carbocycles. The van der Waals surface area contributed by atoms with Gasteiger partial charge >= 0.3 is 0 Å². The molecular formula is C19H30N4O2S. The molecule has 3 aliphatic rings. The molecule has 1 aliphatic carbocycles. The summed E-state index contributed by atoms with van der Waals surface area (Å²) < 4.78 is 7.64. The van der Waals surface area contributed by atoms with Crippen molar-refractivity contribution < 1.29 is 9.53 Å². The Labute approximate surface area is 160 Å². The van der Waals surface area contributed by atoms with Gasteiger partial charge in [-0.1, -0.05) is 6.92 Å². The van der Waals surface area contributed by atoms with Crippen molar-refractivity contribution in [3.63, 3.8) is 0 Å². The van der Waals surface area contributed by atoms with Crippen molar-refractivity contribution in [2.75, 3.05) is 50.9 Å². The van der Waals surface area contributed by atoms with Crippen molar-refractivity contribution in [1.29, 1.82) is 0 Å². The van der Waals surface area contributed by atoms with Crippen LogP contribution < -0.4 is 0 Å². The number of rotatable bonds is 4. The molecule has 3 heterocycles. The van der Waals surface area contributed by atoms with E-state index in [4.69, 9.17) is 9.84 Å². The number of hydrogen-bond acceptors (Lipinski definition) is 5. The fourth-order valence-corrected chi connectivity index (χ4v) is 5.31. The average molecular weight is 379 g/mol. The molecule has 0 radical (unpaired) electrons. The minimum atomic E-state index is 0.152. The molecule has 144 valence electrons. The molecule has 2 saturated heterocycles. The number of thioether (sulfide) groups is 1. The van der Waals surface area contributed by atoms with Crippen molar-refractivity contribution in [2.45, 2.75) is 45.2 Å². The largest absolute Gasteiger partial charge is 0.379 e. The second kappa shape index (κ2) is 8.31. The van der Waals surface area contributed by atoms with Crippen LogP contribution in [0.15, 0.2) is 0 Å². The zero-order valence-corrected chi connectivity index (χ0v) is 16.6. The van der Waals surface area contributed by atoms with Crippen LogP contribution in [0.3, 0.4) is 0 Å². The van der Waals surface area contributed by atoms with E-state index in [1.54, 1.807) is 0 Å². The third kappa shape index (κ3) is 3.66. The summed E-state index contributed by atoms with van der Waals surface area (Å²) in [6.07, 6.45) is 4.21. The van der Waals surface area contributed by atoms with Crippen molar-refractivity contribution in [1.82, 2.24) is 19.6 Å². The molecule has 2 fully saturated rings. The first-order valence-electron chi connectivity index (χ1n) is 10.0. The van der Waals surface area contributed by atoms with Gasteiger partial charge in [0.25, 0.3) is 5.91 Å². The van der Waals surface area contributed by atoms with Crippen LogP contribution in [0.1, 0.15) is 41.5 Å². The number of nitrogens with zero attached hydrogens (tertiary/aromatic N) is 4. The lowest BCUT2D eigenvalue weighted by Crippen LogP contribution is -2.46. The quantitative estimate of drug-likeness (QED) is 0.798. The predicted octanol–water partition coefficient (Wildman–Crippen LogP) is 1.67. The molecule has 0 aromatic carbocycles. The Bertz CT molecular complexity index is 636. The minimum absolute atomic E-state index is 0.152. The highest BCUT2D eigenvalue weighted by Crippen LogP contribution is 2.29. The smallest absolute Gasteiger partial charge is 0.274 e. The van der Waals surface area contributed by atoms with Gasteiger partial charge in [-0.15, -0.1) is 0 Å². The summed E-state index contributed by atoms with van der Waals surface area (Å²) >= 11 is 1.93. The molecule has 0 N–H and O–H groups in total. The van der Waals surface area contributed by atoms with E-state index in [0.717, 1.165) is 88.8 Å². The highest BCUT2D eigenvalue weighted by atomic mass is 32.2. The molecule has 1 aromatic heterocycles. The first-order chi connectivity index (χ1) is 12.8. The van der Waals surface area contributed by atoms with Crippen LogP contribution in [0.2, 0.25) is 0 Å². The summed E-state index contributed by atoms with van der Waals surface area (Å²) in [7, 11) is 0. The Kier molecular flexibility index (Phi) is 5.86. The topological polar surface area (TPSA) is 50.6 Å². The molecule has 7 heteroatoms. The number of aromatic nitrogens is 2. The van der Waals surface area contributed by atoms with Crippen molar-refractivity contribution in [2.24, 2.45) is 0 Å². The Morgan fingerprint density at radius 3 is 2.73 bits per heavy atom. The monoisotopic (exact) mass is 378 g/mol. The molecule has 0 bridgehead atoms. The molecule has 26 heavy (non-hydrogen) atoms. The lowest BCUT2D eigenvalue weighted by Gasteiger charge is -2.37. The van der Waals surface area contributed by atoms with Gasteiger partial charge < -0.3 is 9.64 Å². The van der Waals surface area contributed by atoms with Crippen molar-refractivity contribution >= 4 is 17.7 Å². The van der Waals surface area contributed by atoms with Gasteiger partial charge in [-0.05, 0) is 25.7 Å². The molecule has 1 amide bonds. The zero-order valence-electron chi connectivity index (χ0n) is 15.8. The number of carbonyl (C=O) groups is 1. The van der Waals surface area contributed by atoms with E-state index in [9.17, 15) is 4.79 Å². The van der Waals surface area contributed by atoms with Gasteiger partial charge in [0.15, 0.2) is 5.69 Å². The number of carbonyl (C=O) groups excluding carboxylic acids is 1. The van der Waals surface area contributed by atoms with E-state index < -0.39 is 0 Å². The van der Waals surface area contributed by atoms with Gasteiger partial charge in [0, 0.05) is 61.5 Å². The summed E-state index contributed by atoms with van der Waals surface area (Å²) in [5, 5.41) is 4.81. The van der Waals surface area contributed by atoms with Crippen LogP contribution >= 0.6 is 11.8 Å². The van der Waals surface area contributed by atoms with Crippen LogP contribution in [0.25, 0.3) is 0 Å². The van der Waals surface area contributed by atoms with Crippen molar-refractivity contribution in [3.05, 3.63) is 17.0 Å². The molecule has 1 atom stereocenters. The second-order valence-corrected chi connectivity index (χ2v) is 8.67.